The normalized spacial score (nSPS) is 41.1. The van der Waals surface area contributed by atoms with Crippen molar-refractivity contribution in [2.45, 2.75) is 160 Å². The fraction of sp³-hybridized carbons (Fsp3) is 0.814. The van der Waals surface area contributed by atoms with Crippen molar-refractivity contribution >= 4 is 23.4 Å². The van der Waals surface area contributed by atoms with Gasteiger partial charge in [0.05, 0.1) is 37.2 Å². The molecule has 57 heavy (non-hydrogen) atoms. The summed E-state index contributed by atoms with van der Waals surface area (Å²) in [6, 6.07) is -1.17. The van der Waals surface area contributed by atoms with Gasteiger partial charge in [0.15, 0.2) is 5.78 Å². The fourth-order valence-electron chi connectivity index (χ4n) is 9.43. The summed E-state index contributed by atoms with van der Waals surface area (Å²) >= 11 is 0. The zero-order valence-corrected chi connectivity index (χ0v) is 35.2. The second-order valence-corrected chi connectivity index (χ2v) is 17.2. The zero-order chi connectivity index (χ0) is 42.2. The van der Waals surface area contributed by atoms with Gasteiger partial charge in [-0.15, -0.1) is 0 Å². The molecule has 3 N–H and O–H groups in total. The molecule has 14 atom stereocenters. The quantitative estimate of drug-likeness (QED) is 0.188. The molecule has 3 heterocycles. The van der Waals surface area contributed by atoms with E-state index in [4.69, 9.17) is 23.7 Å². The van der Waals surface area contributed by atoms with Crippen molar-refractivity contribution in [3.05, 3.63) is 23.3 Å². The van der Waals surface area contributed by atoms with E-state index in [9.17, 15) is 38.9 Å². The second-order valence-electron chi connectivity index (χ2n) is 17.2. The first-order valence-electron chi connectivity index (χ1n) is 20.9. The lowest BCUT2D eigenvalue weighted by Gasteiger charge is -2.47. The van der Waals surface area contributed by atoms with Crippen LogP contribution in [0.3, 0.4) is 0 Å². The van der Waals surface area contributed by atoms with Crippen LogP contribution in [0.2, 0.25) is 0 Å². The molecule has 3 aliphatic heterocycles. The van der Waals surface area contributed by atoms with Crippen LogP contribution >= 0.6 is 0 Å². The Morgan fingerprint density at radius 2 is 1.58 bits per heavy atom. The minimum atomic E-state index is -2.53. The van der Waals surface area contributed by atoms with Gasteiger partial charge in [0, 0.05) is 52.6 Å². The third-order valence-electron chi connectivity index (χ3n) is 12.8. The number of nitrogens with zero attached hydrogens (tertiary/aromatic N) is 1. The van der Waals surface area contributed by atoms with Crippen molar-refractivity contribution in [3.8, 4) is 0 Å². The molecule has 4 rings (SSSR count). The first-order valence-corrected chi connectivity index (χ1v) is 20.9. The number of aliphatic hydroxyl groups is 3. The lowest BCUT2D eigenvalue weighted by Crippen LogP contribution is -2.64. The molecule has 3 fully saturated rings. The average molecular weight is 810 g/mol. The number of methoxy groups -OCH3 is 3. The smallest absolute Gasteiger partial charge is 0.329 e. The molecule has 4 aliphatic rings. The van der Waals surface area contributed by atoms with Gasteiger partial charge in [-0.05, 0) is 93.6 Å². The first-order chi connectivity index (χ1) is 27.0. The summed E-state index contributed by atoms with van der Waals surface area (Å²) in [6.45, 7) is 8.29. The van der Waals surface area contributed by atoms with Gasteiger partial charge >= 0.3 is 5.97 Å². The maximum Gasteiger partial charge on any atom is 0.329 e. The number of alkyl halides is 1. The number of allylic oxidation sites excluding steroid dienone is 3. The molecule has 0 aromatic heterocycles. The highest BCUT2D eigenvalue weighted by atomic mass is 19.1. The maximum atomic E-state index is 14.3. The number of halogens is 1. The minimum Gasteiger partial charge on any atom is -0.456 e. The number of Topliss-reactive ketones (excluding diaryl/α,β-unsaturated/α-hetero) is 2. The summed E-state index contributed by atoms with van der Waals surface area (Å²) < 4.78 is 43.5. The zero-order valence-electron chi connectivity index (χ0n) is 35.2. The molecule has 0 aromatic carbocycles. The number of hydrogen-bond donors (Lipinski definition) is 3. The number of rotatable bonds is 7. The van der Waals surface area contributed by atoms with Gasteiger partial charge in [-0.1, -0.05) is 39.8 Å². The van der Waals surface area contributed by atoms with E-state index >= 15 is 0 Å². The molecule has 1 unspecified atom stereocenters. The fourth-order valence-corrected chi connectivity index (χ4v) is 9.43. The van der Waals surface area contributed by atoms with Crippen molar-refractivity contribution in [1.82, 2.24) is 4.90 Å². The van der Waals surface area contributed by atoms with E-state index in [1.165, 1.54) is 14.2 Å². The van der Waals surface area contributed by atoms with Crippen molar-refractivity contribution in [3.63, 3.8) is 0 Å². The third kappa shape index (κ3) is 11.4. The van der Waals surface area contributed by atoms with Crippen LogP contribution in [0.25, 0.3) is 0 Å². The Bertz CT molecular complexity index is 1450. The highest BCUT2D eigenvalue weighted by molar-refractivity contribution is 6.39. The van der Waals surface area contributed by atoms with Gasteiger partial charge in [-0.25, -0.2) is 4.79 Å². The highest BCUT2D eigenvalue weighted by Crippen LogP contribution is 2.39. The number of carbonyl (C=O) groups excluding carboxylic acids is 4. The largest absolute Gasteiger partial charge is 0.456 e. The van der Waals surface area contributed by atoms with Crippen molar-refractivity contribution in [2.75, 3.05) is 34.5 Å². The van der Waals surface area contributed by atoms with Gasteiger partial charge in [0.25, 0.3) is 11.7 Å². The SMILES string of the molecule is CO[C@H]1C[C@@H](C)CC(C)/C=C(\CCF)C(=O)C[C@H](O)[C@@H](C)[C@@H](C(C)=C[C@@H]2CC[C@@H](O)[C@H](OC)C2)OC(=O)[C@@H]2CCCCN2C(=O)C(=O)[C@]2(O)O[C@H]1[C@@H](OC)C[C@H]2C. The first kappa shape index (κ1) is 47.1. The predicted octanol–water partition coefficient (Wildman–Crippen LogP) is 4.42. The molecule has 0 aromatic rings. The summed E-state index contributed by atoms with van der Waals surface area (Å²) in [4.78, 5) is 57.6. The molecular formula is C43H68FNO12. The Balaban J connectivity index is 1.78. The van der Waals surface area contributed by atoms with E-state index < -0.39 is 90.4 Å². The summed E-state index contributed by atoms with van der Waals surface area (Å²) in [6.07, 6.45) is 1.86. The molecule has 2 bridgehead atoms. The number of ketones is 2. The molecule has 1 aliphatic carbocycles. The van der Waals surface area contributed by atoms with Crippen molar-refractivity contribution in [1.29, 1.82) is 0 Å². The molecular weight excluding hydrogens is 741 g/mol. The van der Waals surface area contributed by atoms with E-state index in [0.29, 0.717) is 50.5 Å². The van der Waals surface area contributed by atoms with Gasteiger partial charge in [0.1, 0.15) is 18.2 Å². The standard InChI is InChI=1S/C43H68FNO12/c1-24-17-25(2)19-36(54-7)39-37(55-8)21-27(4)43(52,57-39)40(49)41(50)45-16-10-9-11-31(45)42(51)56-38(26(3)20-29-12-13-32(46)35(22-29)53-6)28(5)33(47)23-34(48)30(18-24)14-15-44/h18,20,24-25,27-29,31-33,35-39,46-47,52H,9-17,19,21-23H2,1-8H3/b26-20?,30-18+/t24?,25-,27+,28+,29-,31-,32+,33-,35+,36-,37-,38+,39+,43+/m0/s1. The van der Waals surface area contributed by atoms with Crippen LogP contribution in [0.5, 0.6) is 0 Å². The highest BCUT2D eigenvalue weighted by Gasteiger charge is 2.56. The van der Waals surface area contributed by atoms with E-state index in [1.807, 2.05) is 19.9 Å². The number of ether oxygens (including phenoxy) is 5. The number of cyclic esters (lactones) is 1. The molecule has 0 spiro atoms. The van der Waals surface area contributed by atoms with Gasteiger partial charge in [0.2, 0.25) is 5.79 Å². The minimum absolute atomic E-state index is 0.0343. The third-order valence-corrected chi connectivity index (χ3v) is 12.8. The number of fused-ring (bicyclic) bond motifs is 3. The molecule has 324 valence electrons. The van der Waals surface area contributed by atoms with Crippen LogP contribution in [-0.2, 0) is 42.9 Å². The van der Waals surface area contributed by atoms with Crippen LogP contribution in [-0.4, -0.2) is 133 Å². The Morgan fingerprint density at radius 1 is 0.912 bits per heavy atom. The lowest BCUT2D eigenvalue weighted by molar-refractivity contribution is -0.302. The average Bonchev–Trinajstić information content (AvgIpc) is 3.18. The Hall–Kier alpha value is -2.59. The monoisotopic (exact) mass is 809 g/mol. The second kappa shape index (κ2) is 21.1. The van der Waals surface area contributed by atoms with Crippen LogP contribution in [0.15, 0.2) is 23.3 Å². The van der Waals surface area contributed by atoms with Crippen molar-refractivity contribution in [2.24, 2.45) is 29.6 Å². The Kier molecular flexibility index (Phi) is 17.4. The van der Waals surface area contributed by atoms with Crippen LogP contribution in [0.4, 0.5) is 4.39 Å². The van der Waals surface area contributed by atoms with Gasteiger partial charge < -0.3 is 43.9 Å². The van der Waals surface area contributed by atoms with Crippen LogP contribution < -0.4 is 0 Å². The molecule has 1 saturated carbocycles. The Labute approximate surface area is 337 Å². The number of carbonyl (C=O) groups is 4. The topological polar surface area (TPSA) is 178 Å². The van der Waals surface area contributed by atoms with Crippen molar-refractivity contribution < 1.29 is 62.6 Å². The summed E-state index contributed by atoms with van der Waals surface area (Å²) in [5.41, 5.74) is 0.878. The van der Waals surface area contributed by atoms with Gasteiger partial charge in [-0.3, -0.25) is 18.8 Å². The number of aliphatic hydroxyl groups excluding tert-OH is 2. The molecule has 13 nitrogen and oxygen atoms in total. The van der Waals surface area contributed by atoms with Crippen LogP contribution in [0.1, 0.15) is 105 Å². The number of hydrogen-bond acceptors (Lipinski definition) is 12. The lowest BCUT2D eigenvalue weighted by atomic mass is 9.81. The Morgan fingerprint density at radius 3 is 2.23 bits per heavy atom. The maximum absolute atomic E-state index is 14.3. The number of amides is 1. The summed E-state index contributed by atoms with van der Waals surface area (Å²) in [5.74, 6) is -7.90. The molecule has 1 amide bonds. The summed E-state index contributed by atoms with van der Waals surface area (Å²) in [5, 5.41) is 34.0. The number of piperidine rings is 1. The van der Waals surface area contributed by atoms with Gasteiger partial charge in [-0.2, -0.15) is 0 Å². The van der Waals surface area contributed by atoms with E-state index in [-0.39, 0.29) is 61.7 Å². The molecule has 0 radical (unpaired) electrons. The summed E-state index contributed by atoms with van der Waals surface area (Å²) in [7, 11) is 4.54. The van der Waals surface area contributed by atoms with E-state index in [1.54, 1.807) is 34.0 Å². The predicted molar refractivity (Wildman–Crippen MR) is 208 cm³/mol. The van der Waals surface area contributed by atoms with E-state index in [2.05, 4.69) is 0 Å². The van der Waals surface area contributed by atoms with E-state index in [0.717, 1.165) is 4.90 Å². The number of esters is 1. The molecule has 14 heteroatoms. The van der Waals surface area contributed by atoms with Crippen LogP contribution in [0, 0.1) is 29.6 Å². The molecule has 2 saturated heterocycles.